The third-order valence-corrected chi connectivity index (χ3v) is 4.64. The van der Waals surface area contributed by atoms with E-state index in [1.165, 1.54) is 0 Å². The zero-order valence-corrected chi connectivity index (χ0v) is 14.2. The molecule has 7 nitrogen and oxygen atoms in total. The van der Waals surface area contributed by atoms with Crippen LogP contribution in [0.2, 0.25) is 0 Å². The number of ether oxygens (including phenoxy) is 1. The molecule has 1 amide bonds. The van der Waals surface area contributed by atoms with Gasteiger partial charge in [0.05, 0.1) is 31.0 Å². The van der Waals surface area contributed by atoms with E-state index >= 15 is 0 Å². The van der Waals surface area contributed by atoms with Gasteiger partial charge in [0.25, 0.3) is 5.91 Å². The normalized spacial score (nSPS) is 17.2. The molecule has 1 unspecified atom stereocenters. The number of carbonyl (C=O) groups excluding carboxylic acids is 1. The second-order valence-corrected chi connectivity index (χ2v) is 6.24. The van der Waals surface area contributed by atoms with E-state index in [2.05, 4.69) is 27.1 Å². The summed E-state index contributed by atoms with van der Waals surface area (Å²) in [5, 5.41) is 12.2. The van der Waals surface area contributed by atoms with E-state index in [4.69, 9.17) is 4.74 Å². The fourth-order valence-corrected chi connectivity index (χ4v) is 3.26. The number of nitrogens with one attached hydrogen (secondary N) is 1. The van der Waals surface area contributed by atoms with E-state index in [9.17, 15) is 4.79 Å². The van der Waals surface area contributed by atoms with Gasteiger partial charge in [0.15, 0.2) is 0 Å². The van der Waals surface area contributed by atoms with Crippen molar-refractivity contribution in [2.75, 3.05) is 13.2 Å². The fraction of sp³-hybridized carbons (Fsp3) is 0.389. The number of aromatic nitrogens is 4. The third-order valence-electron chi connectivity index (χ3n) is 4.64. The van der Waals surface area contributed by atoms with Crippen molar-refractivity contribution in [3.8, 4) is 0 Å². The maximum atomic E-state index is 12.6. The highest BCUT2D eigenvalue weighted by molar-refractivity contribution is 6.06. The van der Waals surface area contributed by atoms with E-state index in [1.807, 2.05) is 41.3 Å². The lowest BCUT2D eigenvalue weighted by Gasteiger charge is -2.05. The number of benzene rings is 1. The van der Waals surface area contributed by atoms with Crippen LogP contribution < -0.4 is 5.32 Å². The molecule has 0 radical (unpaired) electrons. The zero-order chi connectivity index (χ0) is 17.2. The molecule has 2 aromatic heterocycles. The first-order valence-electron chi connectivity index (χ1n) is 8.60. The molecule has 4 rings (SSSR count). The first kappa shape index (κ1) is 15.8. The highest BCUT2D eigenvalue weighted by atomic mass is 16.5. The molecule has 0 aliphatic carbocycles. The number of aryl methyl sites for hydroxylation is 1. The number of rotatable bonds is 5. The second-order valence-electron chi connectivity index (χ2n) is 6.24. The number of carbonyl (C=O) groups is 1. The maximum Gasteiger partial charge on any atom is 0.253 e. The van der Waals surface area contributed by atoms with E-state index in [1.54, 1.807) is 0 Å². The van der Waals surface area contributed by atoms with Crippen LogP contribution >= 0.6 is 0 Å². The molecule has 1 atom stereocenters. The lowest BCUT2D eigenvalue weighted by Crippen LogP contribution is -2.22. The first-order chi connectivity index (χ1) is 12.3. The van der Waals surface area contributed by atoms with Gasteiger partial charge in [-0.1, -0.05) is 23.4 Å². The van der Waals surface area contributed by atoms with Gasteiger partial charge in [-0.05, 0) is 19.4 Å². The largest absolute Gasteiger partial charge is 0.379 e. The number of para-hydroxylation sites is 1. The Morgan fingerprint density at radius 2 is 2.24 bits per heavy atom. The highest BCUT2D eigenvalue weighted by Gasteiger charge is 2.19. The van der Waals surface area contributed by atoms with Crippen molar-refractivity contribution in [3.05, 3.63) is 47.9 Å². The molecule has 1 fully saturated rings. The minimum Gasteiger partial charge on any atom is -0.379 e. The summed E-state index contributed by atoms with van der Waals surface area (Å²) in [4.78, 5) is 12.6. The SMILES string of the molecule is CCn1cc(C(=O)NCc2cn(C3CCOC3)nn2)c2ccccc21. The molecule has 3 aromatic rings. The molecule has 1 N–H and O–H groups in total. The standard InChI is InChI=1S/C18H21N5O2/c1-2-22-11-16(15-5-3-4-6-17(15)22)18(24)19-9-13-10-23(21-20-13)14-7-8-25-12-14/h3-6,10-11,14H,2,7-9,12H2,1H3,(H,19,24). The number of nitrogens with zero attached hydrogens (tertiary/aromatic N) is 4. The summed E-state index contributed by atoms with van der Waals surface area (Å²) in [7, 11) is 0. The van der Waals surface area contributed by atoms with E-state index in [-0.39, 0.29) is 11.9 Å². The quantitative estimate of drug-likeness (QED) is 0.773. The molecule has 1 aliphatic rings. The van der Waals surface area contributed by atoms with Crippen LogP contribution in [0.5, 0.6) is 0 Å². The van der Waals surface area contributed by atoms with Gasteiger partial charge in [-0.25, -0.2) is 4.68 Å². The Morgan fingerprint density at radius 3 is 3.04 bits per heavy atom. The van der Waals surface area contributed by atoms with Gasteiger partial charge in [-0.15, -0.1) is 5.10 Å². The molecule has 3 heterocycles. The van der Waals surface area contributed by atoms with Crippen LogP contribution in [0.25, 0.3) is 10.9 Å². The molecule has 0 spiro atoms. The Balaban J connectivity index is 1.47. The Hall–Kier alpha value is -2.67. The van der Waals surface area contributed by atoms with Crippen LogP contribution in [-0.4, -0.2) is 38.7 Å². The van der Waals surface area contributed by atoms with Gasteiger partial charge in [-0.2, -0.15) is 0 Å². The lowest BCUT2D eigenvalue weighted by atomic mass is 10.1. The minimum atomic E-state index is -0.0952. The van der Waals surface area contributed by atoms with Crippen LogP contribution in [0.1, 0.15) is 35.4 Å². The van der Waals surface area contributed by atoms with Gasteiger partial charge in [0.2, 0.25) is 0 Å². The molecule has 1 aliphatic heterocycles. The van der Waals surface area contributed by atoms with Crippen molar-refractivity contribution < 1.29 is 9.53 Å². The van der Waals surface area contributed by atoms with Crippen LogP contribution in [0, 0.1) is 0 Å². The van der Waals surface area contributed by atoms with Gasteiger partial charge in [-0.3, -0.25) is 4.79 Å². The Labute approximate surface area is 145 Å². The summed E-state index contributed by atoms with van der Waals surface area (Å²) in [6, 6.07) is 8.20. The van der Waals surface area contributed by atoms with Gasteiger partial charge in [0, 0.05) is 30.3 Å². The molecule has 1 aromatic carbocycles. The summed E-state index contributed by atoms with van der Waals surface area (Å²) in [5.74, 6) is -0.0952. The Kier molecular flexibility index (Phi) is 4.23. The minimum absolute atomic E-state index is 0.0952. The number of hydrogen-bond donors (Lipinski definition) is 1. The highest BCUT2D eigenvalue weighted by Crippen LogP contribution is 2.21. The average Bonchev–Trinajstić information content (AvgIpc) is 3.38. The monoisotopic (exact) mass is 339 g/mol. The Morgan fingerprint density at radius 1 is 1.36 bits per heavy atom. The summed E-state index contributed by atoms with van der Waals surface area (Å²) in [6.45, 7) is 4.69. The van der Waals surface area contributed by atoms with Crippen molar-refractivity contribution in [1.29, 1.82) is 0 Å². The van der Waals surface area contributed by atoms with Gasteiger partial charge >= 0.3 is 0 Å². The molecule has 0 saturated carbocycles. The average molecular weight is 339 g/mol. The summed E-state index contributed by atoms with van der Waals surface area (Å²) >= 11 is 0. The van der Waals surface area contributed by atoms with Crippen molar-refractivity contribution in [1.82, 2.24) is 24.9 Å². The predicted octanol–water partition coefficient (Wildman–Crippen LogP) is 2.14. The Bertz CT molecular complexity index is 892. The lowest BCUT2D eigenvalue weighted by molar-refractivity contribution is 0.0952. The van der Waals surface area contributed by atoms with Crippen LogP contribution in [-0.2, 0) is 17.8 Å². The number of amides is 1. The van der Waals surface area contributed by atoms with E-state index in [0.29, 0.717) is 18.7 Å². The van der Waals surface area contributed by atoms with E-state index < -0.39 is 0 Å². The van der Waals surface area contributed by atoms with Crippen LogP contribution in [0.4, 0.5) is 0 Å². The third kappa shape index (κ3) is 3.02. The van der Waals surface area contributed by atoms with Crippen molar-refractivity contribution in [2.24, 2.45) is 0 Å². The smallest absolute Gasteiger partial charge is 0.253 e. The van der Waals surface area contributed by atoms with Crippen molar-refractivity contribution in [3.63, 3.8) is 0 Å². The topological polar surface area (TPSA) is 74.0 Å². The maximum absolute atomic E-state index is 12.6. The van der Waals surface area contributed by atoms with Crippen LogP contribution in [0.3, 0.4) is 0 Å². The summed E-state index contributed by atoms with van der Waals surface area (Å²) < 4.78 is 9.28. The molecule has 25 heavy (non-hydrogen) atoms. The van der Waals surface area contributed by atoms with Crippen molar-refractivity contribution >= 4 is 16.8 Å². The molecular formula is C18H21N5O2. The zero-order valence-electron chi connectivity index (χ0n) is 14.2. The fourth-order valence-electron chi connectivity index (χ4n) is 3.26. The van der Waals surface area contributed by atoms with Crippen LogP contribution in [0.15, 0.2) is 36.7 Å². The molecule has 0 bridgehead atoms. The van der Waals surface area contributed by atoms with Crippen molar-refractivity contribution in [2.45, 2.75) is 32.5 Å². The van der Waals surface area contributed by atoms with Gasteiger partial charge < -0.3 is 14.6 Å². The number of fused-ring (bicyclic) bond motifs is 1. The molecule has 1 saturated heterocycles. The van der Waals surface area contributed by atoms with Gasteiger partial charge in [0.1, 0.15) is 5.69 Å². The summed E-state index contributed by atoms with van der Waals surface area (Å²) in [5.41, 5.74) is 2.51. The molecular weight excluding hydrogens is 318 g/mol. The van der Waals surface area contributed by atoms with E-state index in [0.717, 1.165) is 36.2 Å². The predicted molar refractivity (Wildman–Crippen MR) is 93.3 cm³/mol. The summed E-state index contributed by atoms with van der Waals surface area (Å²) in [6.07, 6.45) is 4.74. The number of hydrogen-bond acceptors (Lipinski definition) is 4. The second kappa shape index (κ2) is 6.68. The molecule has 130 valence electrons. The first-order valence-corrected chi connectivity index (χ1v) is 8.60. The molecule has 7 heteroatoms.